The molecule has 3 aromatic rings. The maximum Gasteiger partial charge on any atom is 0.297 e. The van der Waals surface area contributed by atoms with Gasteiger partial charge in [-0.15, -0.1) is 0 Å². The van der Waals surface area contributed by atoms with Crippen molar-refractivity contribution in [1.29, 1.82) is 0 Å². The molecule has 1 aliphatic rings. The Morgan fingerprint density at radius 1 is 1.12 bits per heavy atom. The fraction of sp³-hybridized carbons (Fsp3) is 0.333. The van der Waals surface area contributed by atoms with E-state index in [1.165, 1.54) is 0 Å². The van der Waals surface area contributed by atoms with Crippen molar-refractivity contribution in [1.82, 2.24) is 20.2 Å². The largest absolute Gasteiger partial charge is 0.497 e. The highest BCUT2D eigenvalue weighted by Crippen LogP contribution is 2.17. The molecule has 2 aromatic carbocycles. The fourth-order valence-electron chi connectivity index (χ4n) is 3.82. The minimum Gasteiger partial charge on any atom is -0.497 e. The average Bonchev–Trinajstić information content (AvgIpc) is 2.84. The van der Waals surface area contributed by atoms with Gasteiger partial charge in [0.1, 0.15) is 12.4 Å². The summed E-state index contributed by atoms with van der Waals surface area (Å²) in [7, 11) is 1.59. The van der Waals surface area contributed by atoms with E-state index >= 15 is 0 Å². The lowest BCUT2D eigenvalue weighted by molar-refractivity contribution is -0.122. The van der Waals surface area contributed by atoms with E-state index in [1.807, 2.05) is 0 Å². The first-order valence-corrected chi connectivity index (χ1v) is 10.9. The molecule has 0 radical (unpaired) electrons. The average molecular weight is 450 g/mol. The molecule has 9 nitrogen and oxygen atoms in total. The van der Waals surface area contributed by atoms with Crippen LogP contribution in [0.3, 0.4) is 0 Å². The van der Waals surface area contributed by atoms with Crippen LogP contribution in [-0.2, 0) is 4.79 Å². The number of aromatic amines is 1. The zero-order valence-corrected chi connectivity index (χ0v) is 18.4. The molecule has 0 atom stereocenters. The van der Waals surface area contributed by atoms with Gasteiger partial charge in [-0.3, -0.25) is 19.4 Å². The second kappa shape index (κ2) is 10.2. The van der Waals surface area contributed by atoms with E-state index < -0.39 is 0 Å². The molecule has 9 heteroatoms. The third-order valence-corrected chi connectivity index (χ3v) is 5.64. The van der Waals surface area contributed by atoms with Crippen LogP contribution in [0.15, 0.2) is 53.3 Å². The van der Waals surface area contributed by atoms with Gasteiger partial charge in [0.2, 0.25) is 5.91 Å². The van der Waals surface area contributed by atoms with Crippen molar-refractivity contribution in [2.24, 2.45) is 0 Å². The molecule has 172 valence electrons. The summed E-state index contributed by atoms with van der Waals surface area (Å²) in [6, 6.07) is 14.1. The molecule has 0 aliphatic carbocycles. The molecule has 2 amide bonds. The number of carbonyl (C=O) groups is 2. The van der Waals surface area contributed by atoms with E-state index in [9.17, 15) is 14.4 Å². The van der Waals surface area contributed by atoms with Crippen LogP contribution in [0.4, 0.5) is 0 Å². The van der Waals surface area contributed by atoms with Crippen LogP contribution in [0.25, 0.3) is 10.9 Å². The zero-order chi connectivity index (χ0) is 23.2. The summed E-state index contributed by atoms with van der Waals surface area (Å²) in [5.41, 5.74) is 0.878. The molecule has 33 heavy (non-hydrogen) atoms. The number of rotatable bonds is 7. The van der Waals surface area contributed by atoms with Crippen LogP contribution in [0, 0.1) is 0 Å². The smallest absolute Gasteiger partial charge is 0.297 e. The summed E-state index contributed by atoms with van der Waals surface area (Å²) in [6.07, 6.45) is 1.52. The van der Waals surface area contributed by atoms with Crippen LogP contribution in [0.1, 0.15) is 29.6 Å². The maximum atomic E-state index is 12.7. The Bertz CT molecular complexity index is 1180. The number of piperidine rings is 1. The number of para-hydroxylation sites is 1. The van der Waals surface area contributed by atoms with Gasteiger partial charge in [0.15, 0.2) is 0 Å². The second-order valence-electron chi connectivity index (χ2n) is 7.85. The van der Waals surface area contributed by atoms with E-state index in [0.717, 1.165) is 0 Å². The van der Waals surface area contributed by atoms with Gasteiger partial charge in [-0.1, -0.05) is 12.1 Å². The Kier molecular flexibility index (Phi) is 6.87. The Morgan fingerprint density at radius 2 is 1.85 bits per heavy atom. The van der Waals surface area contributed by atoms with Crippen LogP contribution >= 0.6 is 0 Å². The molecule has 1 aromatic heterocycles. The van der Waals surface area contributed by atoms with Gasteiger partial charge in [0.25, 0.3) is 17.5 Å². The number of benzene rings is 2. The topological polar surface area (TPSA) is 114 Å². The molecule has 4 rings (SSSR count). The highest BCUT2D eigenvalue weighted by molar-refractivity contribution is 5.94. The Balaban J connectivity index is 1.21. The van der Waals surface area contributed by atoms with Crippen LogP contribution < -0.4 is 20.3 Å². The molecule has 2 heterocycles. The number of ether oxygens (including phenoxy) is 2. The highest BCUT2D eigenvalue weighted by atomic mass is 16.5. The monoisotopic (exact) mass is 450 g/mol. The Morgan fingerprint density at radius 3 is 2.58 bits per heavy atom. The molecule has 1 aliphatic heterocycles. The number of fused-ring (bicyclic) bond motifs is 1. The quantitative estimate of drug-likeness (QED) is 0.570. The van der Waals surface area contributed by atoms with Gasteiger partial charge in [0.05, 0.1) is 24.4 Å². The van der Waals surface area contributed by atoms with E-state index in [-0.39, 0.29) is 42.5 Å². The van der Waals surface area contributed by atoms with Crippen molar-refractivity contribution in [3.8, 4) is 11.8 Å². The third kappa shape index (κ3) is 5.49. The number of amides is 2. The van der Waals surface area contributed by atoms with Crippen molar-refractivity contribution >= 4 is 22.7 Å². The Hall–Kier alpha value is -3.88. The SMILES string of the molecule is COc1ccc(C(=O)N2CCC(NC(=O)CCOc3nc4ccccc4c(=O)[nH]3)CC2)cc1. The minimum absolute atomic E-state index is 0.0102. The summed E-state index contributed by atoms with van der Waals surface area (Å²) in [4.78, 5) is 45.7. The van der Waals surface area contributed by atoms with Gasteiger partial charge >= 0.3 is 0 Å². The standard InChI is InChI=1S/C24H26N4O5/c1-32-18-8-6-16(7-9-18)23(31)28-13-10-17(11-14-28)25-21(29)12-15-33-24-26-20-5-3-2-4-19(20)22(30)27-24/h2-9,17H,10-15H2,1H3,(H,25,29)(H,26,27,30). The fourth-order valence-corrected chi connectivity index (χ4v) is 3.82. The third-order valence-electron chi connectivity index (χ3n) is 5.64. The van der Waals surface area contributed by atoms with E-state index in [4.69, 9.17) is 9.47 Å². The number of H-pyrrole nitrogens is 1. The van der Waals surface area contributed by atoms with Crippen molar-refractivity contribution < 1.29 is 19.1 Å². The van der Waals surface area contributed by atoms with Gasteiger partial charge in [-0.2, -0.15) is 4.98 Å². The lowest BCUT2D eigenvalue weighted by Crippen LogP contribution is -2.46. The highest BCUT2D eigenvalue weighted by Gasteiger charge is 2.24. The van der Waals surface area contributed by atoms with E-state index in [0.29, 0.717) is 48.1 Å². The van der Waals surface area contributed by atoms with Crippen molar-refractivity contribution in [3.63, 3.8) is 0 Å². The number of hydrogen-bond donors (Lipinski definition) is 2. The predicted molar refractivity (Wildman–Crippen MR) is 123 cm³/mol. The van der Waals surface area contributed by atoms with E-state index in [2.05, 4.69) is 15.3 Å². The molecular formula is C24H26N4O5. The van der Waals surface area contributed by atoms with Gasteiger partial charge < -0.3 is 19.7 Å². The van der Waals surface area contributed by atoms with Gasteiger partial charge in [0, 0.05) is 24.7 Å². The first-order valence-electron chi connectivity index (χ1n) is 10.9. The molecular weight excluding hydrogens is 424 g/mol. The van der Waals surface area contributed by atoms with Crippen molar-refractivity contribution in [2.75, 3.05) is 26.8 Å². The van der Waals surface area contributed by atoms with Crippen LogP contribution in [0.5, 0.6) is 11.8 Å². The second-order valence-corrected chi connectivity index (χ2v) is 7.85. The summed E-state index contributed by atoms with van der Waals surface area (Å²) in [6.45, 7) is 1.25. The first kappa shape index (κ1) is 22.3. The number of nitrogens with zero attached hydrogens (tertiary/aromatic N) is 2. The van der Waals surface area contributed by atoms with Crippen LogP contribution in [0.2, 0.25) is 0 Å². The first-order chi connectivity index (χ1) is 16.0. The molecule has 0 unspecified atom stereocenters. The summed E-state index contributed by atoms with van der Waals surface area (Å²) in [5, 5.41) is 3.48. The lowest BCUT2D eigenvalue weighted by atomic mass is 10.0. The Labute approximate surface area is 190 Å². The summed E-state index contributed by atoms with van der Waals surface area (Å²) >= 11 is 0. The molecule has 1 saturated heterocycles. The number of hydrogen-bond acceptors (Lipinski definition) is 6. The van der Waals surface area contributed by atoms with Crippen molar-refractivity contribution in [2.45, 2.75) is 25.3 Å². The molecule has 0 saturated carbocycles. The van der Waals surface area contributed by atoms with E-state index in [1.54, 1.807) is 60.5 Å². The maximum absolute atomic E-state index is 12.7. The number of likely N-dealkylation sites (tertiary alicyclic amines) is 1. The van der Waals surface area contributed by atoms with Gasteiger partial charge in [-0.05, 0) is 49.2 Å². The minimum atomic E-state index is -0.281. The zero-order valence-electron chi connectivity index (χ0n) is 18.4. The lowest BCUT2D eigenvalue weighted by Gasteiger charge is -2.32. The van der Waals surface area contributed by atoms with Crippen molar-refractivity contribution in [3.05, 3.63) is 64.4 Å². The number of nitrogens with one attached hydrogen (secondary N) is 2. The normalized spacial score (nSPS) is 14.2. The molecule has 1 fully saturated rings. The summed E-state index contributed by atoms with van der Waals surface area (Å²) < 4.78 is 10.6. The number of carbonyl (C=O) groups excluding carboxylic acids is 2. The molecule has 0 spiro atoms. The van der Waals surface area contributed by atoms with Gasteiger partial charge in [-0.25, -0.2) is 0 Å². The van der Waals surface area contributed by atoms with Crippen LogP contribution in [-0.4, -0.2) is 59.5 Å². The molecule has 0 bridgehead atoms. The summed E-state index contributed by atoms with van der Waals surface area (Å²) in [5.74, 6) is 0.547. The number of methoxy groups -OCH3 is 1. The predicted octanol–water partition coefficient (Wildman–Crippen LogP) is 2.12. The number of aromatic nitrogens is 2. The molecule has 2 N–H and O–H groups in total.